The molecular weight excluding hydrogens is 412 g/mol. The summed E-state index contributed by atoms with van der Waals surface area (Å²) in [6, 6.07) is 7.02. The number of carbonyl (C=O) groups excluding carboxylic acids is 2. The van der Waals surface area contributed by atoms with E-state index in [1.807, 2.05) is 30.5 Å². The minimum atomic E-state index is -0.843. The molecule has 0 fully saturated rings. The van der Waals surface area contributed by atoms with Crippen LogP contribution in [0.2, 0.25) is 0 Å². The standard InChI is InChI=1S/C28H44N2O3/c1-2-3-4-5-6-7-8-9-10-11-12-13-14-15-20-27(31)33-28(32)25(29)21-23-22-30-26-19-17-16-18-24(23)26/h16-19,22,25,30H,2-15,20-21,29H2,1H3/t25-/m0/s1. The first-order valence-electron chi connectivity index (χ1n) is 13.2. The van der Waals surface area contributed by atoms with Gasteiger partial charge >= 0.3 is 11.9 Å². The Kier molecular flexibility index (Phi) is 13.5. The van der Waals surface area contributed by atoms with Crippen molar-refractivity contribution in [1.29, 1.82) is 0 Å². The maximum atomic E-state index is 12.2. The van der Waals surface area contributed by atoms with Gasteiger partial charge in [-0.2, -0.15) is 0 Å². The molecule has 0 aliphatic rings. The maximum Gasteiger partial charge on any atom is 0.330 e. The fraction of sp³-hybridized carbons (Fsp3) is 0.643. The first kappa shape index (κ1) is 27.1. The number of para-hydroxylation sites is 1. The number of aromatic amines is 1. The minimum Gasteiger partial charge on any atom is -0.392 e. The summed E-state index contributed by atoms with van der Waals surface area (Å²) in [7, 11) is 0. The van der Waals surface area contributed by atoms with Gasteiger partial charge in [-0.15, -0.1) is 0 Å². The Balaban J connectivity index is 1.45. The molecule has 0 unspecified atom stereocenters. The van der Waals surface area contributed by atoms with E-state index in [9.17, 15) is 9.59 Å². The predicted octanol–water partition coefficient (Wildman–Crippen LogP) is 6.98. The molecule has 0 saturated carbocycles. The van der Waals surface area contributed by atoms with Crippen molar-refractivity contribution in [3.63, 3.8) is 0 Å². The lowest BCUT2D eigenvalue weighted by molar-refractivity contribution is -0.160. The van der Waals surface area contributed by atoms with E-state index in [4.69, 9.17) is 10.5 Å². The van der Waals surface area contributed by atoms with Crippen LogP contribution < -0.4 is 5.73 Å². The van der Waals surface area contributed by atoms with Gasteiger partial charge < -0.3 is 15.5 Å². The Morgan fingerprint density at radius 3 is 2.00 bits per heavy atom. The lowest BCUT2D eigenvalue weighted by Crippen LogP contribution is -2.35. The molecule has 1 aromatic heterocycles. The van der Waals surface area contributed by atoms with Crippen molar-refractivity contribution < 1.29 is 14.3 Å². The highest BCUT2D eigenvalue weighted by Crippen LogP contribution is 2.19. The third kappa shape index (κ3) is 11.0. The number of hydrogen-bond donors (Lipinski definition) is 2. The van der Waals surface area contributed by atoms with Crippen molar-refractivity contribution in [3.8, 4) is 0 Å². The third-order valence-corrected chi connectivity index (χ3v) is 6.37. The summed E-state index contributed by atoms with van der Waals surface area (Å²) in [5, 5.41) is 1.04. The molecule has 0 bridgehead atoms. The van der Waals surface area contributed by atoms with E-state index in [1.165, 1.54) is 70.6 Å². The van der Waals surface area contributed by atoms with Gasteiger partial charge in [0.15, 0.2) is 0 Å². The molecule has 184 valence electrons. The number of nitrogens with two attached hydrogens (primary N) is 1. The fourth-order valence-corrected chi connectivity index (χ4v) is 4.32. The topological polar surface area (TPSA) is 85.2 Å². The molecule has 0 aliphatic carbocycles. The van der Waals surface area contributed by atoms with Gasteiger partial charge in [-0.1, -0.05) is 109 Å². The Labute approximate surface area is 199 Å². The maximum absolute atomic E-state index is 12.2. The summed E-state index contributed by atoms with van der Waals surface area (Å²) in [5.41, 5.74) is 7.94. The number of aromatic nitrogens is 1. The van der Waals surface area contributed by atoms with Crippen molar-refractivity contribution in [2.24, 2.45) is 5.73 Å². The van der Waals surface area contributed by atoms with Crippen LogP contribution in [0.4, 0.5) is 0 Å². The third-order valence-electron chi connectivity index (χ3n) is 6.37. The van der Waals surface area contributed by atoms with Crippen LogP contribution in [0.25, 0.3) is 10.9 Å². The highest BCUT2D eigenvalue weighted by molar-refractivity contribution is 5.89. The summed E-state index contributed by atoms with van der Waals surface area (Å²) in [6.45, 7) is 2.26. The molecule has 0 spiro atoms. The van der Waals surface area contributed by atoms with Gasteiger partial charge in [0.2, 0.25) is 0 Å². The molecule has 3 N–H and O–H groups in total. The van der Waals surface area contributed by atoms with E-state index in [0.717, 1.165) is 35.7 Å². The monoisotopic (exact) mass is 456 g/mol. The average Bonchev–Trinajstić information content (AvgIpc) is 3.22. The van der Waals surface area contributed by atoms with Crippen LogP contribution in [0, 0.1) is 0 Å². The van der Waals surface area contributed by atoms with Crippen LogP contribution in [0.3, 0.4) is 0 Å². The number of carbonyl (C=O) groups is 2. The van der Waals surface area contributed by atoms with Gasteiger partial charge in [0, 0.05) is 29.9 Å². The highest BCUT2D eigenvalue weighted by Gasteiger charge is 2.20. The number of benzene rings is 1. The molecule has 33 heavy (non-hydrogen) atoms. The number of nitrogens with one attached hydrogen (secondary N) is 1. The number of rotatable bonds is 18. The zero-order valence-electron chi connectivity index (χ0n) is 20.6. The van der Waals surface area contributed by atoms with Crippen molar-refractivity contribution in [3.05, 3.63) is 36.0 Å². The molecule has 0 saturated heterocycles. The minimum absolute atomic E-state index is 0.281. The number of esters is 2. The molecule has 0 aliphatic heterocycles. The Morgan fingerprint density at radius 2 is 1.39 bits per heavy atom. The van der Waals surface area contributed by atoms with Crippen LogP contribution in [0.1, 0.15) is 109 Å². The largest absolute Gasteiger partial charge is 0.392 e. The molecule has 0 radical (unpaired) electrons. The number of unbranched alkanes of at least 4 members (excludes halogenated alkanes) is 13. The van der Waals surface area contributed by atoms with E-state index in [1.54, 1.807) is 0 Å². The molecule has 1 atom stereocenters. The van der Waals surface area contributed by atoms with Crippen molar-refractivity contribution >= 4 is 22.8 Å². The molecular formula is C28H44N2O3. The highest BCUT2D eigenvalue weighted by atomic mass is 16.6. The van der Waals surface area contributed by atoms with E-state index in [2.05, 4.69) is 11.9 Å². The lowest BCUT2D eigenvalue weighted by Gasteiger charge is -2.10. The first-order chi connectivity index (χ1) is 16.1. The second-order valence-corrected chi connectivity index (χ2v) is 9.31. The molecule has 2 aromatic rings. The van der Waals surface area contributed by atoms with Gasteiger partial charge in [-0.05, 0) is 18.1 Å². The Bertz CT molecular complexity index is 814. The van der Waals surface area contributed by atoms with Gasteiger partial charge in [-0.3, -0.25) is 4.79 Å². The number of fused-ring (bicyclic) bond motifs is 1. The normalized spacial score (nSPS) is 12.2. The molecule has 0 amide bonds. The second kappa shape index (κ2) is 16.5. The second-order valence-electron chi connectivity index (χ2n) is 9.31. The predicted molar refractivity (Wildman–Crippen MR) is 136 cm³/mol. The molecule has 5 heteroatoms. The number of H-pyrrole nitrogens is 1. The summed E-state index contributed by atoms with van der Waals surface area (Å²) in [4.78, 5) is 27.3. The summed E-state index contributed by atoms with van der Waals surface area (Å²) in [5.74, 6) is -1.11. The fourth-order valence-electron chi connectivity index (χ4n) is 4.32. The van der Waals surface area contributed by atoms with Gasteiger partial charge in [0.05, 0.1) is 0 Å². The summed E-state index contributed by atoms with van der Waals surface area (Å²) < 4.78 is 4.97. The first-order valence-corrected chi connectivity index (χ1v) is 13.2. The van der Waals surface area contributed by atoms with Crippen LogP contribution in [0.15, 0.2) is 30.5 Å². The van der Waals surface area contributed by atoms with Gasteiger partial charge in [-0.25, -0.2) is 4.79 Å². The molecule has 1 aromatic carbocycles. The molecule has 2 rings (SSSR count). The smallest absolute Gasteiger partial charge is 0.330 e. The van der Waals surface area contributed by atoms with Crippen LogP contribution in [0.5, 0.6) is 0 Å². The molecule has 1 heterocycles. The Hall–Kier alpha value is -2.14. The van der Waals surface area contributed by atoms with Crippen molar-refractivity contribution in [2.45, 2.75) is 116 Å². The van der Waals surface area contributed by atoms with Crippen molar-refractivity contribution in [2.75, 3.05) is 0 Å². The Morgan fingerprint density at radius 1 is 0.848 bits per heavy atom. The van der Waals surface area contributed by atoms with Crippen LogP contribution >= 0.6 is 0 Å². The summed E-state index contributed by atoms with van der Waals surface area (Å²) in [6.07, 6.45) is 20.2. The number of hydrogen-bond acceptors (Lipinski definition) is 4. The van der Waals surface area contributed by atoms with Gasteiger partial charge in [0.25, 0.3) is 0 Å². The van der Waals surface area contributed by atoms with E-state index < -0.39 is 18.0 Å². The van der Waals surface area contributed by atoms with E-state index >= 15 is 0 Å². The average molecular weight is 457 g/mol. The van der Waals surface area contributed by atoms with Crippen molar-refractivity contribution in [1.82, 2.24) is 4.98 Å². The molecule has 5 nitrogen and oxygen atoms in total. The zero-order chi connectivity index (χ0) is 23.7. The SMILES string of the molecule is CCCCCCCCCCCCCCCCC(=O)OC(=O)[C@@H](N)Cc1c[nH]c2ccccc12. The summed E-state index contributed by atoms with van der Waals surface area (Å²) >= 11 is 0. The lowest BCUT2D eigenvalue weighted by atomic mass is 10.0. The number of ether oxygens (including phenoxy) is 1. The van der Waals surface area contributed by atoms with Gasteiger partial charge in [0.1, 0.15) is 6.04 Å². The zero-order valence-corrected chi connectivity index (χ0v) is 20.6. The quantitative estimate of drug-likeness (QED) is 0.144. The van der Waals surface area contributed by atoms with E-state index in [0.29, 0.717) is 6.42 Å². The van der Waals surface area contributed by atoms with Crippen LogP contribution in [-0.2, 0) is 20.7 Å². The van der Waals surface area contributed by atoms with Crippen LogP contribution in [-0.4, -0.2) is 23.0 Å². The van der Waals surface area contributed by atoms with E-state index in [-0.39, 0.29) is 6.42 Å².